The van der Waals surface area contributed by atoms with Crippen molar-refractivity contribution in [2.24, 2.45) is 0 Å². The number of hydrogen-bond acceptors (Lipinski definition) is 5. The van der Waals surface area contributed by atoms with Crippen LogP contribution in [0.25, 0.3) is 5.69 Å². The molecule has 90 valence electrons. The molecule has 0 N–H and O–H groups in total. The molecule has 1 aromatic carbocycles. The molecule has 0 spiro atoms. The lowest BCUT2D eigenvalue weighted by Gasteiger charge is -1.98. The maximum Gasteiger partial charge on any atom is 0.323 e. The first-order valence-corrected chi connectivity index (χ1v) is 5.46. The van der Waals surface area contributed by atoms with Crippen LogP contribution in [-0.2, 0) is 14.3 Å². The Hall–Kier alpha value is -2.50. The zero-order valence-corrected chi connectivity index (χ0v) is 9.31. The number of cyclic esters (lactones) is 2. The number of benzene rings is 1. The Morgan fingerprint density at radius 1 is 1.22 bits per heavy atom. The zero-order valence-electron chi connectivity index (χ0n) is 9.31. The minimum atomic E-state index is -0.630. The molecule has 0 bridgehead atoms. The normalized spacial score (nSPS) is 19.0. The summed E-state index contributed by atoms with van der Waals surface area (Å²) >= 11 is 0. The number of para-hydroxylation sites is 1. The molecular formula is C12H9N3O3. The molecule has 3 rings (SSSR count). The fourth-order valence-electron chi connectivity index (χ4n) is 1.84. The van der Waals surface area contributed by atoms with Crippen LogP contribution < -0.4 is 0 Å². The highest BCUT2D eigenvalue weighted by atomic mass is 16.6. The van der Waals surface area contributed by atoms with E-state index in [4.69, 9.17) is 0 Å². The van der Waals surface area contributed by atoms with Gasteiger partial charge in [0, 0.05) is 0 Å². The van der Waals surface area contributed by atoms with Gasteiger partial charge in [-0.2, -0.15) is 0 Å². The van der Waals surface area contributed by atoms with Crippen LogP contribution in [0.4, 0.5) is 0 Å². The van der Waals surface area contributed by atoms with Crippen molar-refractivity contribution in [1.82, 2.24) is 15.0 Å². The molecule has 1 unspecified atom stereocenters. The van der Waals surface area contributed by atoms with E-state index in [0.29, 0.717) is 5.69 Å². The van der Waals surface area contributed by atoms with Gasteiger partial charge in [-0.25, -0.2) is 4.68 Å². The van der Waals surface area contributed by atoms with E-state index in [1.54, 1.807) is 10.9 Å². The van der Waals surface area contributed by atoms with Crippen molar-refractivity contribution >= 4 is 11.9 Å². The van der Waals surface area contributed by atoms with Crippen LogP contribution in [0.15, 0.2) is 36.5 Å². The molecule has 0 amide bonds. The van der Waals surface area contributed by atoms with E-state index in [1.807, 2.05) is 30.3 Å². The first-order valence-electron chi connectivity index (χ1n) is 5.46. The Morgan fingerprint density at radius 2 is 2.00 bits per heavy atom. The number of aromatic nitrogens is 3. The first kappa shape index (κ1) is 10.6. The second-order valence-electron chi connectivity index (χ2n) is 3.97. The summed E-state index contributed by atoms with van der Waals surface area (Å²) in [5.41, 5.74) is 1.30. The summed E-state index contributed by atoms with van der Waals surface area (Å²) in [6.07, 6.45) is 1.67. The van der Waals surface area contributed by atoms with Gasteiger partial charge in [-0.3, -0.25) is 9.59 Å². The Balaban J connectivity index is 1.91. The van der Waals surface area contributed by atoms with Gasteiger partial charge >= 0.3 is 11.9 Å². The van der Waals surface area contributed by atoms with Crippen LogP contribution in [0.5, 0.6) is 0 Å². The Morgan fingerprint density at radius 3 is 2.67 bits per heavy atom. The van der Waals surface area contributed by atoms with Crippen molar-refractivity contribution in [3.63, 3.8) is 0 Å². The summed E-state index contributed by atoms with van der Waals surface area (Å²) in [5.74, 6) is -1.70. The van der Waals surface area contributed by atoms with E-state index >= 15 is 0 Å². The van der Waals surface area contributed by atoms with Crippen LogP contribution >= 0.6 is 0 Å². The van der Waals surface area contributed by atoms with Crippen LogP contribution in [0, 0.1) is 0 Å². The molecule has 1 atom stereocenters. The molecule has 6 nitrogen and oxygen atoms in total. The van der Waals surface area contributed by atoms with Crippen molar-refractivity contribution in [2.45, 2.75) is 12.3 Å². The third-order valence-corrected chi connectivity index (χ3v) is 2.76. The number of hydrogen-bond donors (Lipinski definition) is 0. The van der Waals surface area contributed by atoms with E-state index in [9.17, 15) is 9.59 Å². The minimum Gasteiger partial charge on any atom is -0.393 e. The number of esters is 2. The molecule has 1 aliphatic rings. The Bertz CT molecular complexity index is 606. The minimum absolute atomic E-state index is 0.0340. The molecule has 0 aliphatic carbocycles. The van der Waals surface area contributed by atoms with E-state index < -0.39 is 17.9 Å². The van der Waals surface area contributed by atoms with Gasteiger partial charge < -0.3 is 4.74 Å². The molecule has 1 saturated heterocycles. The smallest absolute Gasteiger partial charge is 0.323 e. The average Bonchev–Trinajstić information content (AvgIpc) is 2.97. The van der Waals surface area contributed by atoms with Gasteiger partial charge in [-0.15, -0.1) is 5.10 Å². The number of carbonyl (C=O) groups is 2. The summed E-state index contributed by atoms with van der Waals surface area (Å²) < 4.78 is 6.05. The summed E-state index contributed by atoms with van der Waals surface area (Å²) in [6, 6.07) is 9.40. The molecule has 0 saturated carbocycles. The average molecular weight is 243 g/mol. The molecular weight excluding hydrogens is 234 g/mol. The molecule has 18 heavy (non-hydrogen) atoms. The van der Waals surface area contributed by atoms with Crippen LogP contribution in [0.3, 0.4) is 0 Å². The van der Waals surface area contributed by atoms with Crippen molar-refractivity contribution in [1.29, 1.82) is 0 Å². The highest BCUT2D eigenvalue weighted by Crippen LogP contribution is 2.25. The lowest BCUT2D eigenvalue weighted by molar-refractivity contribution is -0.152. The van der Waals surface area contributed by atoms with Crippen molar-refractivity contribution in [3.05, 3.63) is 42.2 Å². The van der Waals surface area contributed by atoms with E-state index in [-0.39, 0.29) is 6.42 Å². The molecule has 0 radical (unpaired) electrons. The van der Waals surface area contributed by atoms with Crippen LogP contribution in [-0.4, -0.2) is 26.9 Å². The number of carbonyl (C=O) groups excluding carboxylic acids is 2. The SMILES string of the molecule is O=C1CC(c2cn(-c3ccccc3)nn2)C(=O)O1. The van der Waals surface area contributed by atoms with Gasteiger partial charge in [-0.1, -0.05) is 23.4 Å². The van der Waals surface area contributed by atoms with Crippen LogP contribution in [0.2, 0.25) is 0 Å². The largest absolute Gasteiger partial charge is 0.393 e. The third-order valence-electron chi connectivity index (χ3n) is 2.76. The van der Waals surface area contributed by atoms with E-state index in [1.165, 1.54) is 0 Å². The maximum absolute atomic E-state index is 11.4. The zero-order chi connectivity index (χ0) is 12.5. The maximum atomic E-state index is 11.4. The van der Waals surface area contributed by atoms with Gasteiger partial charge in [0.1, 0.15) is 5.92 Å². The Labute approximate surface area is 102 Å². The molecule has 2 heterocycles. The first-order chi connectivity index (χ1) is 8.74. The third kappa shape index (κ3) is 1.77. The van der Waals surface area contributed by atoms with Gasteiger partial charge in [-0.05, 0) is 12.1 Å². The van der Waals surface area contributed by atoms with Gasteiger partial charge in [0.15, 0.2) is 0 Å². The van der Waals surface area contributed by atoms with Gasteiger partial charge in [0.2, 0.25) is 0 Å². The summed E-state index contributed by atoms with van der Waals surface area (Å²) in [7, 11) is 0. The lowest BCUT2D eigenvalue weighted by Crippen LogP contribution is -2.05. The molecule has 2 aromatic rings. The number of nitrogens with zero attached hydrogens (tertiary/aromatic N) is 3. The second kappa shape index (κ2) is 4.06. The predicted molar refractivity (Wildman–Crippen MR) is 59.8 cm³/mol. The van der Waals surface area contributed by atoms with Gasteiger partial charge in [0.25, 0.3) is 0 Å². The highest BCUT2D eigenvalue weighted by molar-refractivity contribution is 5.97. The fourth-order valence-corrected chi connectivity index (χ4v) is 1.84. The standard InChI is InChI=1S/C12H9N3O3/c16-11-6-9(12(17)18-11)10-7-15(14-13-10)8-4-2-1-3-5-8/h1-5,7,9H,6H2. The molecule has 1 fully saturated rings. The Kier molecular flexibility index (Phi) is 2.40. The quantitative estimate of drug-likeness (QED) is 0.576. The summed E-state index contributed by atoms with van der Waals surface area (Å²) in [6.45, 7) is 0. The monoisotopic (exact) mass is 243 g/mol. The topological polar surface area (TPSA) is 74.1 Å². The summed E-state index contributed by atoms with van der Waals surface area (Å²) in [4.78, 5) is 22.4. The van der Waals surface area contributed by atoms with E-state index in [0.717, 1.165) is 5.69 Å². The predicted octanol–water partition coefficient (Wildman–Crippen LogP) is 0.824. The molecule has 6 heteroatoms. The lowest BCUT2D eigenvalue weighted by atomic mass is 10.1. The van der Waals surface area contributed by atoms with Crippen molar-refractivity contribution in [3.8, 4) is 5.69 Å². The van der Waals surface area contributed by atoms with E-state index in [2.05, 4.69) is 15.0 Å². The fraction of sp³-hybridized carbons (Fsp3) is 0.167. The number of ether oxygens (including phenoxy) is 1. The van der Waals surface area contributed by atoms with Crippen LogP contribution in [0.1, 0.15) is 18.0 Å². The number of rotatable bonds is 2. The summed E-state index contributed by atoms with van der Waals surface area (Å²) in [5, 5.41) is 7.86. The van der Waals surface area contributed by atoms with Crippen molar-refractivity contribution in [2.75, 3.05) is 0 Å². The van der Waals surface area contributed by atoms with Crippen molar-refractivity contribution < 1.29 is 14.3 Å². The second-order valence-corrected chi connectivity index (χ2v) is 3.97. The van der Waals surface area contributed by atoms with Gasteiger partial charge in [0.05, 0.1) is 24.0 Å². The molecule has 1 aliphatic heterocycles. The molecule has 1 aromatic heterocycles. The highest BCUT2D eigenvalue weighted by Gasteiger charge is 2.36.